The van der Waals surface area contributed by atoms with Gasteiger partial charge in [0.15, 0.2) is 11.6 Å². The van der Waals surface area contributed by atoms with E-state index in [1.807, 2.05) is 24.3 Å². The topological polar surface area (TPSA) is 9.23 Å². The summed E-state index contributed by atoms with van der Waals surface area (Å²) in [4.78, 5) is 0. The second-order valence-electron chi connectivity index (χ2n) is 6.94. The lowest BCUT2D eigenvalue weighted by Crippen LogP contribution is -2.32. The molecule has 0 bridgehead atoms. The van der Waals surface area contributed by atoms with Crippen LogP contribution in [0.4, 0.5) is 4.39 Å². The quantitative estimate of drug-likeness (QED) is 0.397. The first-order chi connectivity index (χ1) is 14.2. The molecule has 144 valence electrons. The van der Waals surface area contributed by atoms with Crippen molar-refractivity contribution in [3.63, 3.8) is 0 Å². The lowest BCUT2D eigenvalue weighted by molar-refractivity contribution is 0.386. The Morgan fingerprint density at radius 3 is 1.48 bits per heavy atom. The van der Waals surface area contributed by atoms with E-state index in [-0.39, 0.29) is 11.6 Å². The Balaban J connectivity index is 1.96. The number of benzene rings is 4. The minimum Gasteiger partial charge on any atom is -0.494 e. The molecule has 0 heterocycles. The largest absolute Gasteiger partial charge is 0.494 e. The molecule has 0 saturated heterocycles. The molecular formula is C26H23FOP+. The minimum atomic E-state index is -2.03. The monoisotopic (exact) mass is 401 g/mol. The Hall–Kier alpha value is -2.96. The standard InChI is InChI=1S/C26H23FOP/c1-28-26-18-17-21(19-25(26)27)20-29(22-11-5-2-6-12-22,23-13-7-3-8-14-23)24-15-9-4-10-16-24/h2-19H,20H2,1H3/q+1. The Morgan fingerprint density at radius 2 is 1.10 bits per heavy atom. The third-order valence-electron chi connectivity index (χ3n) is 5.23. The van der Waals surface area contributed by atoms with Crippen molar-refractivity contribution in [2.45, 2.75) is 6.16 Å². The fraction of sp³-hybridized carbons (Fsp3) is 0.0769. The van der Waals surface area contributed by atoms with Gasteiger partial charge in [-0.05, 0) is 54.1 Å². The third-order valence-corrected chi connectivity index (χ3v) is 9.61. The highest BCUT2D eigenvalue weighted by molar-refractivity contribution is 7.95. The van der Waals surface area contributed by atoms with Gasteiger partial charge in [-0.2, -0.15) is 0 Å². The summed E-state index contributed by atoms with van der Waals surface area (Å²) in [5.41, 5.74) is 0.966. The maximum Gasteiger partial charge on any atom is 0.165 e. The number of rotatable bonds is 6. The summed E-state index contributed by atoms with van der Waals surface area (Å²) in [6.45, 7) is 0. The van der Waals surface area contributed by atoms with Gasteiger partial charge >= 0.3 is 0 Å². The molecule has 0 amide bonds. The van der Waals surface area contributed by atoms with Gasteiger partial charge in [0.2, 0.25) is 0 Å². The summed E-state index contributed by atoms with van der Waals surface area (Å²) in [7, 11) is -0.533. The molecule has 0 atom stereocenters. The predicted molar refractivity (Wildman–Crippen MR) is 122 cm³/mol. The van der Waals surface area contributed by atoms with Crippen LogP contribution in [0.5, 0.6) is 5.75 Å². The van der Waals surface area contributed by atoms with Crippen molar-refractivity contribution in [2.24, 2.45) is 0 Å². The van der Waals surface area contributed by atoms with Crippen molar-refractivity contribution in [3.05, 3.63) is 121 Å². The molecule has 0 aliphatic heterocycles. The maximum absolute atomic E-state index is 14.5. The van der Waals surface area contributed by atoms with Gasteiger partial charge in [0.1, 0.15) is 23.2 Å². The van der Waals surface area contributed by atoms with Gasteiger partial charge in [0.05, 0.1) is 13.3 Å². The Bertz CT molecular complexity index is 969. The van der Waals surface area contributed by atoms with Crippen LogP contribution in [0.25, 0.3) is 0 Å². The summed E-state index contributed by atoms with van der Waals surface area (Å²) in [6.07, 6.45) is 0.742. The van der Waals surface area contributed by atoms with Gasteiger partial charge in [-0.1, -0.05) is 60.7 Å². The number of methoxy groups -OCH3 is 1. The molecule has 0 spiro atoms. The van der Waals surface area contributed by atoms with Crippen molar-refractivity contribution in [3.8, 4) is 5.75 Å². The van der Waals surface area contributed by atoms with E-state index in [0.29, 0.717) is 0 Å². The highest BCUT2D eigenvalue weighted by Gasteiger charge is 2.45. The van der Waals surface area contributed by atoms with E-state index >= 15 is 0 Å². The fourth-order valence-electron chi connectivity index (χ4n) is 3.85. The summed E-state index contributed by atoms with van der Waals surface area (Å²) in [6, 6.07) is 37.2. The first-order valence-electron chi connectivity index (χ1n) is 9.61. The lowest BCUT2D eigenvalue weighted by atomic mass is 10.2. The first-order valence-corrected chi connectivity index (χ1v) is 11.6. The van der Waals surface area contributed by atoms with Gasteiger partial charge in [-0.15, -0.1) is 0 Å². The van der Waals surface area contributed by atoms with Gasteiger partial charge in [0.25, 0.3) is 0 Å². The average Bonchev–Trinajstić information content (AvgIpc) is 2.79. The van der Waals surface area contributed by atoms with Crippen LogP contribution in [-0.4, -0.2) is 7.11 Å². The van der Waals surface area contributed by atoms with Crippen LogP contribution in [0.2, 0.25) is 0 Å². The van der Waals surface area contributed by atoms with Crippen molar-refractivity contribution >= 4 is 23.2 Å². The second kappa shape index (κ2) is 8.59. The summed E-state index contributed by atoms with van der Waals surface area (Å²) >= 11 is 0. The molecule has 0 aliphatic rings. The third kappa shape index (κ3) is 3.81. The first kappa shape index (κ1) is 19.4. The molecule has 0 aliphatic carbocycles. The van der Waals surface area contributed by atoms with Crippen LogP contribution in [0, 0.1) is 5.82 Å². The van der Waals surface area contributed by atoms with Crippen molar-refractivity contribution in [1.29, 1.82) is 0 Å². The summed E-state index contributed by atoms with van der Waals surface area (Å²) in [5.74, 6) is -0.0471. The Kier molecular flexibility index (Phi) is 5.74. The van der Waals surface area contributed by atoms with E-state index in [1.165, 1.54) is 23.0 Å². The predicted octanol–water partition coefficient (Wildman–Crippen LogP) is 5.33. The zero-order chi connectivity index (χ0) is 20.1. The van der Waals surface area contributed by atoms with E-state index in [1.54, 1.807) is 12.1 Å². The van der Waals surface area contributed by atoms with Crippen LogP contribution in [0.1, 0.15) is 5.56 Å². The fourth-order valence-corrected chi connectivity index (χ4v) is 8.08. The Labute approximate surface area is 172 Å². The van der Waals surface area contributed by atoms with Crippen LogP contribution >= 0.6 is 7.26 Å². The normalized spacial score (nSPS) is 11.2. The van der Waals surface area contributed by atoms with Gasteiger partial charge < -0.3 is 4.74 Å². The SMILES string of the molecule is COc1ccc(C[P+](c2ccccc2)(c2ccccc2)c2ccccc2)cc1F. The highest BCUT2D eigenvalue weighted by atomic mass is 31.2. The van der Waals surface area contributed by atoms with Crippen molar-refractivity contribution in [2.75, 3.05) is 7.11 Å². The van der Waals surface area contributed by atoms with E-state index in [0.717, 1.165) is 11.7 Å². The zero-order valence-electron chi connectivity index (χ0n) is 16.3. The van der Waals surface area contributed by atoms with Gasteiger partial charge in [0, 0.05) is 0 Å². The number of ether oxygens (including phenoxy) is 1. The molecular weight excluding hydrogens is 378 g/mol. The summed E-state index contributed by atoms with van der Waals surface area (Å²) in [5, 5.41) is 3.86. The molecule has 1 nitrogen and oxygen atoms in total. The second-order valence-corrected chi connectivity index (χ2v) is 10.4. The van der Waals surface area contributed by atoms with E-state index < -0.39 is 7.26 Å². The number of hydrogen-bond acceptors (Lipinski definition) is 1. The van der Waals surface area contributed by atoms with Crippen molar-refractivity contribution in [1.82, 2.24) is 0 Å². The molecule has 0 unspecified atom stereocenters. The Morgan fingerprint density at radius 1 is 0.655 bits per heavy atom. The molecule has 0 saturated carbocycles. The molecule has 3 heteroatoms. The smallest absolute Gasteiger partial charge is 0.165 e. The van der Waals surface area contributed by atoms with E-state index in [2.05, 4.69) is 72.8 Å². The molecule has 0 N–H and O–H groups in total. The molecule has 0 aromatic heterocycles. The molecule has 0 fully saturated rings. The highest BCUT2D eigenvalue weighted by Crippen LogP contribution is 2.58. The van der Waals surface area contributed by atoms with E-state index in [9.17, 15) is 4.39 Å². The van der Waals surface area contributed by atoms with E-state index in [4.69, 9.17) is 4.74 Å². The molecule has 4 aromatic rings. The van der Waals surface area contributed by atoms with Crippen LogP contribution in [0.3, 0.4) is 0 Å². The van der Waals surface area contributed by atoms with Crippen molar-refractivity contribution < 1.29 is 9.13 Å². The van der Waals surface area contributed by atoms with Crippen LogP contribution in [-0.2, 0) is 6.16 Å². The zero-order valence-corrected chi connectivity index (χ0v) is 17.2. The lowest BCUT2D eigenvalue weighted by Gasteiger charge is -2.28. The number of hydrogen-bond donors (Lipinski definition) is 0. The molecule has 4 aromatic carbocycles. The average molecular weight is 401 g/mol. The molecule has 0 radical (unpaired) electrons. The maximum atomic E-state index is 14.5. The minimum absolute atomic E-state index is 0.275. The van der Waals surface area contributed by atoms with Gasteiger partial charge in [-0.25, -0.2) is 4.39 Å². The van der Waals surface area contributed by atoms with Crippen LogP contribution in [0.15, 0.2) is 109 Å². The number of halogens is 1. The van der Waals surface area contributed by atoms with Gasteiger partial charge in [-0.3, -0.25) is 0 Å². The summed E-state index contributed by atoms with van der Waals surface area (Å²) < 4.78 is 19.6. The van der Waals surface area contributed by atoms with Crippen LogP contribution < -0.4 is 20.7 Å². The molecule has 29 heavy (non-hydrogen) atoms. The molecule has 4 rings (SSSR count).